The molecule has 1 aliphatic rings. The van der Waals surface area contributed by atoms with Gasteiger partial charge in [-0.3, -0.25) is 13.9 Å². The molecule has 1 atom stereocenters. The Hall–Kier alpha value is -3.07. The van der Waals surface area contributed by atoms with E-state index in [1.165, 1.54) is 16.3 Å². The van der Waals surface area contributed by atoms with Gasteiger partial charge in [0.25, 0.3) is 5.91 Å². The van der Waals surface area contributed by atoms with Gasteiger partial charge in [0.1, 0.15) is 5.75 Å². The molecule has 0 aromatic heterocycles. The van der Waals surface area contributed by atoms with Crippen LogP contribution in [0.25, 0.3) is 11.1 Å². The standard InChI is InChI=1S/C24H31N3O5S/c1-16-7-12-21-22(27(16)17(2)28)14-13-20(24(21)32-15-23(29)25(3)4)18-8-10-19(11-9-18)26(5)33(6,30)31/h8-11,13-14,16H,7,12,15H2,1-6H3/t16-/m0/s1. The van der Waals surface area contributed by atoms with Gasteiger partial charge >= 0.3 is 0 Å². The van der Waals surface area contributed by atoms with E-state index in [1.807, 2.05) is 31.2 Å². The third kappa shape index (κ3) is 5.13. The molecule has 0 unspecified atom stereocenters. The zero-order valence-electron chi connectivity index (χ0n) is 20.0. The first-order valence-corrected chi connectivity index (χ1v) is 12.6. The maximum atomic E-state index is 12.3. The normalized spacial score (nSPS) is 15.6. The Morgan fingerprint density at radius 2 is 1.73 bits per heavy atom. The lowest BCUT2D eigenvalue weighted by atomic mass is 9.91. The van der Waals surface area contributed by atoms with Crippen LogP contribution >= 0.6 is 0 Å². The highest BCUT2D eigenvalue weighted by Crippen LogP contribution is 2.43. The highest BCUT2D eigenvalue weighted by Gasteiger charge is 2.30. The molecule has 3 rings (SSSR count). The summed E-state index contributed by atoms with van der Waals surface area (Å²) in [5.41, 5.74) is 3.84. The largest absolute Gasteiger partial charge is 0.483 e. The lowest BCUT2D eigenvalue weighted by Crippen LogP contribution is -2.41. The lowest BCUT2D eigenvalue weighted by Gasteiger charge is -2.36. The van der Waals surface area contributed by atoms with Gasteiger partial charge in [0.15, 0.2) is 6.61 Å². The van der Waals surface area contributed by atoms with Crippen LogP contribution in [0.2, 0.25) is 0 Å². The maximum absolute atomic E-state index is 12.3. The van der Waals surface area contributed by atoms with E-state index >= 15 is 0 Å². The van der Waals surface area contributed by atoms with E-state index in [1.54, 1.807) is 38.1 Å². The van der Waals surface area contributed by atoms with E-state index in [0.717, 1.165) is 35.1 Å². The van der Waals surface area contributed by atoms with Gasteiger partial charge in [0.05, 0.1) is 17.6 Å². The van der Waals surface area contributed by atoms with Gasteiger partial charge in [-0.25, -0.2) is 8.42 Å². The predicted molar refractivity (Wildman–Crippen MR) is 130 cm³/mol. The van der Waals surface area contributed by atoms with Crippen molar-refractivity contribution >= 4 is 33.2 Å². The van der Waals surface area contributed by atoms with Crippen LogP contribution in [0.5, 0.6) is 5.75 Å². The van der Waals surface area contributed by atoms with E-state index in [9.17, 15) is 18.0 Å². The lowest BCUT2D eigenvalue weighted by molar-refractivity contribution is -0.130. The van der Waals surface area contributed by atoms with Crippen LogP contribution in [-0.4, -0.2) is 65.2 Å². The number of hydrogen-bond donors (Lipinski definition) is 0. The molecule has 2 aromatic rings. The third-order valence-corrected chi connectivity index (χ3v) is 7.17. The van der Waals surface area contributed by atoms with Crippen LogP contribution in [0, 0.1) is 0 Å². The molecule has 178 valence electrons. The smallest absolute Gasteiger partial charge is 0.259 e. The van der Waals surface area contributed by atoms with Crippen LogP contribution in [0.4, 0.5) is 11.4 Å². The summed E-state index contributed by atoms with van der Waals surface area (Å²) in [7, 11) is 1.47. The Morgan fingerprint density at radius 3 is 2.27 bits per heavy atom. The number of nitrogens with zero attached hydrogens (tertiary/aromatic N) is 3. The fraction of sp³-hybridized carbons (Fsp3) is 0.417. The minimum atomic E-state index is -3.37. The van der Waals surface area contributed by atoms with Gasteiger partial charge < -0.3 is 14.5 Å². The van der Waals surface area contributed by atoms with Crippen molar-refractivity contribution in [3.05, 3.63) is 42.0 Å². The van der Waals surface area contributed by atoms with Crippen molar-refractivity contribution in [3.63, 3.8) is 0 Å². The van der Waals surface area contributed by atoms with Crippen molar-refractivity contribution in [1.82, 2.24) is 4.90 Å². The van der Waals surface area contributed by atoms with E-state index < -0.39 is 10.0 Å². The molecule has 9 heteroatoms. The number of carbonyl (C=O) groups excluding carboxylic acids is 2. The van der Waals surface area contributed by atoms with Gasteiger partial charge in [-0.15, -0.1) is 0 Å². The number of amides is 2. The molecular weight excluding hydrogens is 442 g/mol. The zero-order chi connectivity index (χ0) is 24.5. The monoisotopic (exact) mass is 473 g/mol. The Bertz CT molecular complexity index is 1160. The Morgan fingerprint density at radius 1 is 1.09 bits per heavy atom. The summed E-state index contributed by atoms with van der Waals surface area (Å²) in [4.78, 5) is 27.8. The van der Waals surface area contributed by atoms with Crippen molar-refractivity contribution in [2.24, 2.45) is 0 Å². The molecular formula is C24H31N3O5S. The molecule has 0 aliphatic carbocycles. The summed E-state index contributed by atoms with van der Waals surface area (Å²) >= 11 is 0. The van der Waals surface area contributed by atoms with Gasteiger partial charge in [-0.05, 0) is 49.6 Å². The van der Waals surface area contributed by atoms with E-state index in [4.69, 9.17) is 4.74 Å². The summed E-state index contributed by atoms with van der Waals surface area (Å²) in [6.45, 7) is 3.44. The number of likely N-dealkylation sites (N-methyl/N-ethyl adjacent to an activating group) is 1. The maximum Gasteiger partial charge on any atom is 0.259 e. The van der Waals surface area contributed by atoms with E-state index in [-0.39, 0.29) is 24.5 Å². The second-order valence-corrected chi connectivity index (χ2v) is 10.6. The Kier molecular flexibility index (Phi) is 7.02. The first-order valence-electron chi connectivity index (χ1n) is 10.7. The van der Waals surface area contributed by atoms with Gasteiger partial charge in [0, 0.05) is 45.2 Å². The van der Waals surface area contributed by atoms with Crippen LogP contribution in [0.1, 0.15) is 25.8 Å². The second kappa shape index (κ2) is 9.43. The third-order valence-electron chi connectivity index (χ3n) is 5.97. The molecule has 0 saturated heterocycles. The molecule has 0 fully saturated rings. The van der Waals surface area contributed by atoms with E-state index in [0.29, 0.717) is 17.9 Å². The number of benzene rings is 2. The molecule has 0 radical (unpaired) electrons. The first-order chi connectivity index (χ1) is 15.4. The van der Waals surface area contributed by atoms with Crippen LogP contribution in [0.15, 0.2) is 36.4 Å². The number of sulfonamides is 1. The molecule has 0 spiro atoms. The topological polar surface area (TPSA) is 87.2 Å². The van der Waals surface area contributed by atoms with Crippen molar-refractivity contribution < 1.29 is 22.7 Å². The minimum Gasteiger partial charge on any atom is -0.483 e. The van der Waals surface area contributed by atoms with Crippen molar-refractivity contribution in [2.45, 2.75) is 32.7 Å². The van der Waals surface area contributed by atoms with Crippen LogP contribution in [-0.2, 0) is 26.0 Å². The minimum absolute atomic E-state index is 0.0420. The zero-order valence-corrected chi connectivity index (χ0v) is 20.8. The number of carbonyl (C=O) groups is 2. The summed E-state index contributed by atoms with van der Waals surface area (Å²) < 4.78 is 31.0. The predicted octanol–water partition coefficient (Wildman–Crippen LogP) is 2.90. The average Bonchev–Trinajstić information content (AvgIpc) is 2.75. The Balaban J connectivity index is 2.09. The molecule has 1 heterocycles. The fourth-order valence-corrected chi connectivity index (χ4v) is 4.49. The molecule has 0 saturated carbocycles. The highest BCUT2D eigenvalue weighted by atomic mass is 32.2. The van der Waals surface area contributed by atoms with Crippen molar-refractivity contribution in [2.75, 3.05) is 43.2 Å². The SMILES string of the molecule is CC(=O)N1c2ccc(-c3ccc(N(C)S(C)(=O)=O)cc3)c(OCC(=O)N(C)C)c2CC[C@@H]1C. The Labute approximate surface area is 195 Å². The molecule has 1 aliphatic heterocycles. The molecule has 0 N–H and O–H groups in total. The molecule has 8 nitrogen and oxygen atoms in total. The second-order valence-electron chi connectivity index (χ2n) is 8.57. The first kappa shape index (κ1) is 24.6. The van der Waals surface area contributed by atoms with Gasteiger partial charge in [-0.2, -0.15) is 0 Å². The van der Waals surface area contributed by atoms with Crippen molar-refractivity contribution in [3.8, 4) is 16.9 Å². The van der Waals surface area contributed by atoms with Gasteiger partial charge in [0.2, 0.25) is 15.9 Å². The van der Waals surface area contributed by atoms with Gasteiger partial charge in [-0.1, -0.05) is 12.1 Å². The number of hydrogen-bond acceptors (Lipinski definition) is 5. The number of ether oxygens (including phenoxy) is 1. The van der Waals surface area contributed by atoms with Crippen molar-refractivity contribution in [1.29, 1.82) is 0 Å². The average molecular weight is 474 g/mol. The number of rotatable bonds is 6. The molecule has 2 aromatic carbocycles. The molecule has 0 bridgehead atoms. The summed E-state index contributed by atoms with van der Waals surface area (Å²) in [5.74, 6) is 0.362. The van der Waals surface area contributed by atoms with E-state index in [2.05, 4.69) is 0 Å². The molecule has 2 amide bonds. The number of fused-ring (bicyclic) bond motifs is 1. The van der Waals surface area contributed by atoms with Crippen LogP contribution in [0.3, 0.4) is 0 Å². The summed E-state index contributed by atoms with van der Waals surface area (Å²) in [5, 5.41) is 0. The fourth-order valence-electron chi connectivity index (χ4n) is 3.98. The molecule has 33 heavy (non-hydrogen) atoms. The number of anilines is 2. The van der Waals surface area contributed by atoms with Crippen LogP contribution < -0.4 is 13.9 Å². The summed E-state index contributed by atoms with van der Waals surface area (Å²) in [6, 6.07) is 11.0. The summed E-state index contributed by atoms with van der Waals surface area (Å²) in [6.07, 6.45) is 2.65. The highest BCUT2D eigenvalue weighted by molar-refractivity contribution is 7.92. The quantitative estimate of drug-likeness (QED) is 0.644.